The number of hydrogen-bond donors (Lipinski definition) is 3. The first kappa shape index (κ1) is 61.6. The molecule has 3 N–H and O–H groups in total. The van der Waals surface area contributed by atoms with Crippen molar-refractivity contribution in [3.63, 3.8) is 0 Å². The van der Waals surface area contributed by atoms with E-state index in [-0.39, 0.29) is 24.9 Å². The Hall–Kier alpha value is -2.44. The lowest BCUT2D eigenvalue weighted by atomic mass is 10.0. The van der Waals surface area contributed by atoms with Gasteiger partial charge < -0.3 is 20.3 Å². The van der Waals surface area contributed by atoms with Crippen molar-refractivity contribution in [1.82, 2.24) is 5.32 Å². The van der Waals surface area contributed by atoms with E-state index in [4.69, 9.17) is 4.74 Å². The summed E-state index contributed by atoms with van der Waals surface area (Å²) >= 11 is 0. The lowest BCUT2D eigenvalue weighted by molar-refractivity contribution is -0.151. The number of ether oxygens (including phenoxy) is 1. The van der Waals surface area contributed by atoms with Gasteiger partial charge in [-0.1, -0.05) is 255 Å². The second kappa shape index (κ2) is 51.5. The Morgan fingerprint density at radius 2 is 0.844 bits per heavy atom. The number of esters is 1. The molecule has 0 aromatic carbocycles. The summed E-state index contributed by atoms with van der Waals surface area (Å²) in [7, 11) is 0. The van der Waals surface area contributed by atoms with Crippen LogP contribution in [0.5, 0.6) is 0 Å². The topological polar surface area (TPSA) is 95.9 Å². The quantitative estimate of drug-likeness (QED) is 0.0321. The molecular formula is C58H105NO5. The first-order valence-corrected chi connectivity index (χ1v) is 27.5. The lowest BCUT2D eigenvalue weighted by Crippen LogP contribution is -2.46. The molecule has 0 fully saturated rings. The van der Waals surface area contributed by atoms with Crippen LogP contribution in [0.1, 0.15) is 271 Å². The zero-order valence-corrected chi connectivity index (χ0v) is 42.4. The average molecular weight is 896 g/mol. The van der Waals surface area contributed by atoms with Gasteiger partial charge in [-0.2, -0.15) is 0 Å². The fourth-order valence-electron chi connectivity index (χ4n) is 8.23. The van der Waals surface area contributed by atoms with Crippen LogP contribution in [0, 0.1) is 0 Å². The molecule has 64 heavy (non-hydrogen) atoms. The van der Waals surface area contributed by atoms with Gasteiger partial charge in [0.05, 0.1) is 25.2 Å². The maximum atomic E-state index is 13.2. The smallest absolute Gasteiger partial charge is 0.306 e. The number of hydrogen-bond acceptors (Lipinski definition) is 5. The van der Waals surface area contributed by atoms with Gasteiger partial charge in [-0.25, -0.2) is 0 Å². The summed E-state index contributed by atoms with van der Waals surface area (Å²) in [6.07, 6.45) is 64.3. The van der Waals surface area contributed by atoms with Gasteiger partial charge in [0.15, 0.2) is 0 Å². The van der Waals surface area contributed by atoms with Gasteiger partial charge in [-0.15, -0.1) is 0 Å². The largest absolute Gasteiger partial charge is 0.462 e. The molecule has 0 aliphatic rings. The minimum atomic E-state index is -0.803. The van der Waals surface area contributed by atoms with Crippen molar-refractivity contribution < 1.29 is 24.5 Å². The second-order valence-corrected chi connectivity index (χ2v) is 18.6. The van der Waals surface area contributed by atoms with Crippen molar-refractivity contribution in [3.05, 3.63) is 60.8 Å². The second-order valence-electron chi connectivity index (χ2n) is 18.6. The van der Waals surface area contributed by atoms with Crippen molar-refractivity contribution in [1.29, 1.82) is 0 Å². The van der Waals surface area contributed by atoms with Gasteiger partial charge in [0, 0.05) is 6.42 Å². The van der Waals surface area contributed by atoms with Crippen molar-refractivity contribution in [2.24, 2.45) is 0 Å². The number of unbranched alkanes of at least 4 members (excludes halogenated alkanes) is 27. The molecule has 3 unspecified atom stereocenters. The molecule has 0 spiro atoms. The number of rotatable bonds is 49. The summed E-state index contributed by atoms with van der Waals surface area (Å²) in [5.41, 5.74) is 0. The van der Waals surface area contributed by atoms with Gasteiger partial charge in [-0.3, -0.25) is 9.59 Å². The molecule has 6 heteroatoms. The van der Waals surface area contributed by atoms with Gasteiger partial charge in [0.2, 0.25) is 5.91 Å². The Kier molecular flexibility index (Phi) is 49.6. The highest BCUT2D eigenvalue weighted by Gasteiger charge is 2.24. The van der Waals surface area contributed by atoms with Crippen LogP contribution in [-0.4, -0.2) is 46.9 Å². The highest BCUT2D eigenvalue weighted by Crippen LogP contribution is 2.18. The predicted molar refractivity (Wildman–Crippen MR) is 278 cm³/mol. The minimum Gasteiger partial charge on any atom is -0.462 e. The normalized spacial score (nSPS) is 13.6. The third kappa shape index (κ3) is 46.1. The molecule has 0 aliphatic heterocycles. The summed E-state index contributed by atoms with van der Waals surface area (Å²) in [6, 6.07) is -0.720. The first-order chi connectivity index (χ1) is 31.5. The number of aliphatic hydroxyl groups excluding tert-OH is 2. The Morgan fingerprint density at radius 3 is 1.25 bits per heavy atom. The van der Waals surface area contributed by atoms with Gasteiger partial charge >= 0.3 is 5.97 Å². The highest BCUT2D eigenvalue weighted by atomic mass is 16.5. The summed E-state index contributed by atoms with van der Waals surface area (Å²) in [5, 5.41) is 23.8. The van der Waals surface area contributed by atoms with Crippen LogP contribution in [0.15, 0.2) is 60.8 Å². The maximum absolute atomic E-state index is 13.2. The number of aliphatic hydroxyl groups is 2. The van der Waals surface area contributed by atoms with Crippen LogP contribution in [-0.2, 0) is 14.3 Å². The average Bonchev–Trinajstić information content (AvgIpc) is 3.29. The van der Waals surface area contributed by atoms with E-state index in [1.807, 2.05) is 0 Å². The zero-order valence-electron chi connectivity index (χ0n) is 42.4. The summed E-state index contributed by atoms with van der Waals surface area (Å²) in [6.45, 7) is 6.37. The molecule has 0 rings (SSSR count). The molecule has 0 saturated heterocycles. The number of carbonyl (C=O) groups is 2. The minimum absolute atomic E-state index is 0.0399. The molecule has 3 atom stereocenters. The Morgan fingerprint density at radius 1 is 0.469 bits per heavy atom. The Bertz CT molecular complexity index is 1140. The van der Waals surface area contributed by atoms with Crippen molar-refractivity contribution in [3.8, 4) is 0 Å². The predicted octanol–water partition coefficient (Wildman–Crippen LogP) is 16.8. The molecule has 0 radical (unpaired) electrons. The SMILES string of the molecule is CC/C=C\C/C=C\C/C=C\C/C=C\C/C=C\CCCC(CC(=O)NC(CO)C(O)CCCCCCCCCCCCCCC)OC(=O)CCCCCCCCCCCCCCCCC. The first-order valence-electron chi connectivity index (χ1n) is 27.5. The molecule has 372 valence electrons. The monoisotopic (exact) mass is 896 g/mol. The Balaban J connectivity index is 4.67. The van der Waals surface area contributed by atoms with E-state index in [1.165, 1.54) is 141 Å². The van der Waals surface area contributed by atoms with Crippen LogP contribution in [0.25, 0.3) is 0 Å². The summed E-state index contributed by atoms with van der Waals surface area (Å²) in [5.74, 6) is -0.522. The molecule has 0 aliphatic carbocycles. The van der Waals surface area contributed by atoms with E-state index in [9.17, 15) is 19.8 Å². The van der Waals surface area contributed by atoms with Gasteiger partial charge in [0.1, 0.15) is 6.10 Å². The molecule has 0 aromatic rings. The van der Waals surface area contributed by atoms with Gasteiger partial charge in [-0.05, 0) is 64.2 Å². The van der Waals surface area contributed by atoms with Crippen molar-refractivity contribution in [2.75, 3.05) is 6.61 Å². The molecule has 1 amide bonds. The summed E-state index contributed by atoms with van der Waals surface area (Å²) < 4.78 is 5.92. The number of nitrogens with one attached hydrogen (secondary N) is 1. The Labute approximate surface area is 397 Å². The molecule has 0 aromatic heterocycles. The third-order valence-corrected chi connectivity index (χ3v) is 12.4. The summed E-state index contributed by atoms with van der Waals surface area (Å²) in [4.78, 5) is 26.2. The highest BCUT2D eigenvalue weighted by molar-refractivity contribution is 5.77. The van der Waals surface area contributed by atoms with E-state index >= 15 is 0 Å². The van der Waals surface area contributed by atoms with Crippen molar-refractivity contribution >= 4 is 11.9 Å². The molecule has 6 nitrogen and oxygen atoms in total. The zero-order chi connectivity index (χ0) is 46.7. The fraction of sp³-hybridized carbons (Fsp3) is 0.793. The molecular weight excluding hydrogens is 791 g/mol. The van der Waals surface area contributed by atoms with Crippen LogP contribution < -0.4 is 5.32 Å². The third-order valence-electron chi connectivity index (χ3n) is 12.4. The van der Waals surface area contributed by atoms with E-state index in [0.717, 1.165) is 83.5 Å². The van der Waals surface area contributed by atoms with E-state index in [1.54, 1.807) is 0 Å². The molecule has 0 heterocycles. The number of amides is 1. The van der Waals surface area contributed by atoms with Crippen molar-refractivity contribution in [2.45, 2.75) is 289 Å². The number of carbonyl (C=O) groups excluding carboxylic acids is 2. The van der Waals surface area contributed by atoms with E-state index in [0.29, 0.717) is 19.3 Å². The number of allylic oxidation sites excluding steroid dienone is 10. The van der Waals surface area contributed by atoms with E-state index in [2.05, 4.69) is 86.8 Å². The van der Waals surface area contributed by atoms with Crippen LogP contribution in [0.4, 0.5) is 0 Å². The molecule has 0 bridgehead atoms. The fourth-order valence-corrected chi connectivity index (χ4v) is 8.23. The van der Waals surface area contributed by atoms with E-state index < -0.39 is 18.2 Å². The van der Waals surface area contributed by atoms with Crippen LogP contribution in [0.2, 0.25) is 0 Å². The standard InChI is InChI=1S/C58H105NO5/c1-4-7-10-13-16-19-22-25-27-28-30-32-34-37-40-43-46-49-54(64-58(63)51-48-45-42-39-36-33-29-26-23-20-17-14-11-8-5-2)52-57(62)59-55(53-60)56(61)50-47-44-41-38-35-31-24-21-18-15-12-9-6-3/h7,10,16,19,25,27,30,32,37,40,54-56,60-61H,4-6,8-9,11-15,17-18,20-24,26,28-29,31,33-36,38-39,41-53H2,1-3H3,(H,59,62)/b10-7-,19-16-,27-25-,32-30-,40-37-. The lowest BCUT2D eigenvalue weighted by Gasteiger charge is -2.24. The maximum Gasteiger partial charge on any atom is 0.306 e. The van der Waals surface area contributed by atoms with Crippen LogP contribution >= 0.6 is 0 Å². The van der Waals surface area contributed by atoms with Crippen LogP contribution in [0.3, 0.4) is 0 Å². The molecule has 0 saturated carbocycles. The van der Waals surface area contributed by atoms with Gasteiger partial charge in [0.25, 0.3) is 0 Å².